The van der Waals surface area contributed by atoms with Gasteiger partial charge in [0.15, 0.2) is 5.76 Å². The molecule has 12 heavy (non-hydrogen) atoms. The van der Waals surface area contributed by atoms with Crippen molar-refractivity contribution in [2.75, 3.05) is 0 Å². The molecule has 0 atom stereocenters. The van der Waals surface area contributed by atoms with Crippen LogP contribution in [0.3, 0.4) is 0 Å². The van der Waals surface area contributed by atoms with E-state index in [1.807, 2.05) is 12.2 Å². The molecule has 0 bridgehead atoms. The van der Waals surface area contributed by atoms with Gasteiger partial charge in [0.1, 0.15) is 17.6 Å². The second-order valence-corrected chi connectivity index (χ2v) is 2.48. The Labute approximate surface area is 77.1 Å². The lowest BCUT2D eigenvalue weighted by Crippen LogP contribution is -1.92. The van der Waals surface area contributed by atoms with Crippen molar-refractivity contribution >= 4 is 18.1 Å². The minimum Gasteiger partial charge on any atom is -0.384 e. The van der Waals surface area contributed by atoms with Crippen molar-refractivity contribution in [3.05, 3.63) is 36.3 Å². The van der Waals surface area contributed by atoms with E-state index in [1.165, 1.54) is 0 Å². The standard InChI is InChI=1S/C9H10ClNO/c1-2-7-11-8-5-3-4-6-9(8)12-10/h2,5-7H,1,3-4H2. The molecular weight excluding hydrogens is 174 g/mol. The molecule has 0 aromatic heterocycles. The molecule has 64 valence electrons. The summed E-state index contributed by atoms with van der Waals surface area (Å²) in [4.78, 5) is 4.09. The molecule has 0 N–H and O–H groups in total. The highest BCUT2D eigenvalue weighted by molar-refractivity contribution is 6.08. The molecule has 0 unspecified atom stereocenters. The SMILES string of the molecule is C=CC=NC1=CCCC=C1OCl. The topological polar surface area (TPSA) is 21.6 Å². The maximum absolute atomic E-state index is 5.25. The number of nitrogens with zero attached hydrogens (tertiary/aromatic N) is 1. The molecule has 0 fully saturated rings. The zero-order chi connectivity index (χ0) is 8.81. The summed E-state index contributed by atoms with van der Waals surface area (Å²) in [7, 11) is 0. The number of allylic oxidation sites excluding steroid dienone is 3. The first-order valence-electron chi connectivity index (χ1n) is 3.73. The summed E-state index contributed by atoms with van der Waals surface area (Å²) in [5.74, 6) is 0.626. The monoisotopic (exact) mass is 183 g/mol. The maximum atomic E-state index is 5.25. The molecule has 1 aliphatic carbocycles. The zero-order valence-electron chi connectivity index (χ0n) is 6.66. The summed E-state index contributed by atoms with van der Waals surface area (Å²) in [5, 5.41) is 0. The normalized spacial score (nSPS) is 17.1. The lowest BCUT2D eigenvalue weighted by molar-refractivity contribution is 0.476. The van der Waals surface area contributed by atoms with Gasteiger partial charge in [-0.05, 0) is 18.9 Å². The molecule has 0 aliphatic heterocycles. The van der Waals surface area contributed by atoms with Crippen LogP contribution in [0.5, 0.6) is 0 Å². The Morgan fingerprint density at radius 1 is 1.50 bits per heavy atom. The predicted molar refractivity (Wildman–Crippen MR) is 51.0 cm³/mol. The van der Waals surface area contributed by atoms with Crippen LogP contribution in [-0.4, -0.2) is 6.21 Å². The predicted octanol–water partition coefficient (Wildman–Crippen LogP) is 2.98. The molecule has 1 rings (SSSR count). The van der Waals surface area contributed by atoms with E-state index in [0.29, 0.717) is 5.76 Å². The third-order valence-corrected chi connectivity index (χ3v) is 1.65. The molecule has 0 saturated heterocycles. The van der Waals surface area contributed by atoms with Crippen molar-refractivity contribution in [3.8, 4) is 0 Å². The van der Waals surface area contributed by atoms with Gasteiger partial charge in [0.25, 0.3) is 0 Å². The van der Waals surface area contributed by atoms with Crippen LogP contribution in [0.1, 0.15) is 12.8 Å². The number of rotatable bonds is 3. The van der Waals surface area contributed by atoms with E-state index in [0.717, 1.165) is 18.5 Å². The Hall–Kier alpha value is -1.02. The Morgan fingerprint density at radius 3 is 2.92 bits per heavy atom. The van der Waals surface area contributed by atoms with Crippen LogP contribution in [0.25, 0.3) is 0 Å². The van der Waals surface area contributed by atoms with Crippen LogP contribution in [0.15, 0.2) is 41.3 Å². The van der Waals surface area contributed by atoms with Gasteiger partial charge in [-0.1, -0.05) is 18.7 Å². The number of hydrogen-bond acceptors (Lipinski definition) is 2. The van der Waals surface area contributed by atoms with Gasteiger partial charge >= 0.3 is 0 Å². The molecule has 0 aromatic rings. The highest BCUT2D eigenvalue weighted by Gasteiger charge is 2.07. The van der Waals surface area contributed by atoms with Crippen LogP contribution >= 0.6 is 11.9 Å². The third-order valence-electron chi connectivity index (χ3n) is 1.49. The van der Waals surface area contributed by atoms with Crippen LogP contribution in [0, 0.1) is 0 Å². The molecule has 1 aliphatic rings. The molecule has 0 amide bonds. The molecule has 2 nitrogen and oxygen atoms in total. The minimum atomic E-state index is 0.626. The minimum absolute atomic E-state index is 0.626. The van der Waals surface area contributed by atoms with Crippen molar-refractivity contribution in [1.82, 2.24) is 0 Å². The van der Waals surface area contributed by atoms with Crippen LogP contribution in [0.4, 0.5) is 0 Å². The van der Waals surface area contributed by atoms with E-state index in [-0.39, 0.29) is 0 Å². The van der Waals surface area contributed by atoms with Gasteiger partial charge in [0.05, 0.1) is 0 Å². The van der Waals surface area contributed by atoms with Gasteiger partial charge < -0.3 is 4.29 Å². The largest absolute Gasteiger partial charge is 0.384 e. The van der Waals surface area contributed by atoms with Gasteiger partial charge in [0, 0.05) is 6.21 Å². The molecule has 0 aromatic carbocycles. The highest BCUT2D eigenvalue weighted by atomic mass is 35.5. The second kappa shape index (κ2) is 4.78. The van der Waals surface area contributed by atoms with Crippen LogP contribution in [-0.2, 0) is 4.29 Å². The van der Waals surface area contributed by atoms with Gasteiger partial charge in [-0.15, -0.1) is 0 Å². The first-order valence-corrected chi connectivity index (χ1v) is 4.03. The summed E-state index contributed by atoms with van der Waals surface area (Å²) in [6.45, 7) is 3.53. The third kappa shape index (κ3) is 2.24. The fraction of sp³-hybridized carbons (Fsp3) is 0.222. The van der Waals surface area contributed by atoms with Crippen molar-refractivity contribution in [2.45, 2.75) is 12.8 Å². The number of halogens is 1. The first-order chi connectivity index (χ1) is 5.88. The van der Waals surface area contributed by atoms with E-state index in [4.69, 9.17) is 11.9 Å². The van der Waals surface area contributed by atoms with Crippen LogP contribution < -0.4 is 0 Å². The quantitative estimate of drug-likeness (QED) is 0.617. The lowest BCUT2D eigenvalue weighted by atomic mass is 10.1. The molecule has 0 heterocycles. The fourth-order valence-corrected chi connectivity index (χ4v) is 1.10. The van der Waals surface area contributed by atoms with Gasteiger partial charge in [0.2, 0.25) is 0 Å². The van der Waals surface area contributed by atoms with E-state index in [2.05, 4.69) is 15.9 Å². The molecule has 0 saturated carbocycles. The van der Waals surface area contributed by atoms with E-state index < -0.39 is 0 Å². The number of hydrogen-bond donors (Lipinski definition) is 0. The maximum Gasteiger partial charge on any atom is 0.167 e. The molecule has 3 heteroatoms. The summed E-state index contributed by atoms with van der Waals surface area (Å²) in [5.41, 5.74) is 0.774. The zero-order valence-corrected chi connectivity index (χ0v) is 7.42. The first kappa shape index (κ1) is 9.07. The fourth-order valence-electron chi connectivity index (χ4n) is 0.960. The van der Waals surface area contributed by atoms with Crippen molar-refractivity contribution in [1.29, 1.82) is 0 Å². The molecule has 0 radical (unpaired) electrons. The van der Waals surface area contributed by atoms with E-state index in [1.54, 1.807) is 12.3 Å². The van der Waals surface area contributed by atoms with Crippen molar-refractivity contribution in [3.63, 3.8) is 0 Å². The summed E-state index contributed by atoms with van der Waals surface area (Å²) in [6, 6.07) is 0. The molecular formula is C9H10ClNO. The Balaban J connectivity index is 2.73. The highest BCUT2D eigenvalue weighted by Crippen LogP contribution is 2.21. The van der Waals surface area contributed by atoms with Gasteiger partial charge in [-0.25, -0.2) is 0 Å². The smallest absolute Gasteiger partial charge is 0.167 e. The number of aliphatic imine (C=N–C) groups is 1. The van der Waals surface area contributed by atoms with E-state index in [9.17, 15) is 0 Å². The van der Waals surface area contributed by atoms with E-state index >= 15 is 0 Å². The second-order valence-electron chi connectivity index (χ2n) is 2.33. The Kier molecular flexibility index (Phi) is 3.61. The van der Waals surface area contributed by atoms with Gasteiger partial charge in [-0.2, -0.15) is 0 Å². The molecule has 0 spiro atoms. The average Bonchev–Trinajstić information content (AvgIpc) is 2.15. The summed E-state index contributed by atoms with van der Waals surface area (Å²) < 4.78 is 4.62. The van der Waals surface area contributed by atoms with Crippen molar-refractivity contribution in [2.24, 2.45) is 4.99 Å². The average molecular weight is 184 g/mol. The van der Waals surface area contributed by atoms with Crippen molar-refractivity contribution < 1.29 is 4.29 Å². The van der Waals surface area contributed by atoms with Crippen LogP contribution in [0.2, 0.25) is 0 Å². The lowest BCUT2D eigenvalue weighted by Gasteiger charge is -2.07. The van der Waals surface area contributed by atoms with Gasteiger partial charge in [-0.3, -0.25) is 4.99 Å². The summed E-state index contributed by atoms with van der Waals surface area (Å²) >= 11 is 5.25. The Morgan fingerprint density at radius 2 is 2.25 bits per heavy atom. The Bertz CT molecular complexity index is 253. The summed E-state index contributed by atoms with van der Waals surface area (Å²) in [6.07, 6.45) is 9.06.